The maximum Gasteiger partial charge on any atom is 0.173 e. The number of nitrogens with zero attached hydrogens (tertiary/aromatic N) is 1. The molecule has 0 spiro atoms. The lowest BCUT2D eigenvalue weighted by atomic mass is 9.90. The standard InChI is InChI=1S/C13H13NO2/c1-10(15)12(8-5-9-14)13(16)11-6-3-2-4-7-11/h2-4,6-7,12H,5,8H2,1H3. The highest BCUT2D eigenvalue weighted by atomic mass is 16.1. The van der Waals surface area contributed by atoms with Gasteiger partial charge in [0.05, 0.1) is 12.0 Å². The molecule has 3 nitrogen and oxygen atoms in total. The Hall–Kier alpha value is -1.95. The van der Waals surface area contributed by atoms with Crippen LogP contribution in [0.15, 0.2) is 30.3 Å². The number of carbonyl (C=O) groups is 2. The second-order valence-corrected chi connectivity index (χ2v) is 3.59. The summed E-state index contributed by atoms with van der Waals surface area (Å²) >= 11 is 0. The number of nitriles is 1. The van der Waals surface area contributed by atoms with Gasteiger partial charge in [0.25, 0.3) is 0 Å². The molecule has 0 saturated carbocycles. The van der Waals surface area contributed by atoms with Crippen molar-refractivity contribution in [2.24, 2.45) is 5.92 Å². The van der Waals surface area contributed by atoms with Crippen molar-refractivity contribution < 1.29 is 9.59 Å². The minimum Gasteiger partial charge on any atom is -0.299 e. The lowest BCUT2D eigenvalue weighted by Crippen LogP contribution is -2.22. The van der Waals surface area contributed by atoms with Gasteiger partial charge in [-0.05, 0) is 13.3 Å². The van der Waals surface area contributed by atoms with Crippen LogP contribution < -0.4 is 0 Å². The molecule has 0 saturated heterocycles. The fourth-order valence-electron chi connectivity index (χ4n) is 1.53. The van der Waals surface area contributed by atoms with E-state index in [4.69, 9.17) is 5.26 Å². The van der Waals surface area contributed by atoms with E-state index in [0.717, 1.165) is 0 Å². The number of carbonyl (C=O) groups excluding carboxylic acids is 2. The summed E-state index contributed by atoms with van der Waals surface area (Å²) < 4.78 is 0. The molecule has 0 bridgehead atoms. The van der Waals surface area contributed by atoms with Gasteiger partial charge < -0.3 is 0 Å². The average molecular weight is 215 g/mol. The molecule has 0 aromatic heterocycles. The van der Waals surface area contributed by atoms with E-state index in [1.165, 1.54) is 6.92 Å². The fraction of sp³-hybridized carbons (Fsp3) is 0.308. The molecular formula is C13H13NO2. The molecule has 0 aliphatic heterocycles. The minimum absolute atomic E-state index is 0.177. The van der Waals surface area contributed by atoms with Crippen LogP contribution in [-0.4, -0.2) is 11.6 Å². The predicted octanol–water partition coefficient (Wildman–Crippen LogP) is 2.38. The number of Topliss-reactive ketones (excluding diaryl/α,β-unsaturated/α-hetero) is 2. The SMILES string of the molecule is CC(=O)C(CCC#N)C(=O)c1ccccc1. The van der Waals surface area contributed by atoms with Crippen molar-refractivity contribution in [2.75, 3.05) is 0 Å². The van der Waals surface area contributed by atoms with Crippen LogP contribution in [0.3, 0.4) is 0 Å². The summed E-state index contributed by atoms with van der Waals surface area (Å²) in [6.45, 7) is 1.39. The molecule has 3 heteroatoms. The molecule has 1 aromatic rings. The summed E-state index contributed by atoms with van der Waals surface area (Å²) in [6.07, 6.45) is 0.530. The minimum atomic E-state index is -0.679. The van der Waals surface area contributed by atoms with Gasteiger partial charge in [0.2, 0.25) is 0 Å². The van der Waals surface area contributed by atoms with Crippen LogP contribution in [0.4, 0.5) is 0 Å². The molecule has 16 heavy (non-hydrogen) atoms. The zero-order valence-electron chi connectivity index (χ0n) is 9.14. The van der Waals surface area contributed by atoms with Gasteiger partial charge in [-0.1, -0.05) is 30.3 Å². The topological polar surface area (TPSA) is 57.9 Å². The van der Waals surface area contributed by atoms with Gasteiger partial charge in [-0.25, -0.2) is 0 Å². The highest BCUT2D eigenvalue weighted by Gasteiger charge is 2.23. The zero-order valence-corrected chi connectivity index (χ0v) is 9.14. The monoisotopic (exact) mass is 215 g/mol. The van der Waals surface area contributed by atoms with Crippen molar-refractivity contribution in [3.63, 3.8) is 0 Å². The van der Waals surface area contributed by atoms with E-state index in [9.17, 15) is 9.59 Å². The molecule has 0 aliphatic rings. The van der Waals surface area contributed by atoms with E-state index in [-0.39, 0.29) is 18.0 Å². The first-order valence-corrected chi connectivity index (χ1v) is 5.13. The number of hydrogen-bond acceptors (Lipinski definition) is 3. The molecule has 0 N–H and O–H groups in total. The van der Waals surface area contributed by atoms with Crippen LogP contribution in [0.5, 0.6) is 0 Å². The third-order valence-electron chi connectivity index (χ3n) is 2.41. The molecule has 0 fully saturated rings. The average Bonchev–Trinajstić information content (AvgIpc) is 2.30. The third-order valence-corrected chi connectivity index (χ3v) is 2.41. The number of ketones is 2. The van der Waals surface area contributed by atoms with Gasteiger partial charge in [-0.3, -0.25) is 9.59 Å². The summed E-state index contributed by atoms with van der Waals surface area (Å²) in [5.41, 5.74) is 0.528. The molecule has 1 rings (SSSR count). The Morgan fingerprint density at radius 2 is 1.94 bits per heavy atom. The molecule has 1 aromatic carbocycles. The highest BCUT2D eigenvalue weighted by Crippen LogP contribution is 2.15. The summed E-state index contributed by atoms with van der Waals surface area (Å²) in [5, 5.41) is 8.48. The van der Waals surface area contributed by atoms with Gasteiger partial charge in [-0.2, -0.15) is 5.26 Å². The highest BCUT2D eigenvalue weighted by molar-refractivity contribution is 6.10. The van der Waals surface area contributed by atoms with Gasteiger partial charge >= 0.3 is 0 Å². The van der Waals surface area contributed by atoms with Crippen LogP contribution in [-0.2, 0) is 4.79 Å². The second kappa shape index (κ2) is 5.82. The van der Waals surface area contributed by atoms with E-state index in [1.807, 2.05) is 12.1 Å². The van der Waals surface area contributed by atoms with Crippen molar-refractivity contribution in [3.05, 3.63) is 35.9 Å². The zero-order chi connectivity index (χ0) is 12.0. The third kappa shape index (κ3) is 3.03. The van der Waals surface area contributed by atoms with Crippen molar-refractivity contribution in [3.8, 4) is 6.07 Å². The first-order chi connectivity index (χ1) is 7.66. The predicted molar refractivity (Wildman–Crippen MR) is 59.8 cm³/mol. The molecular weight excluding hydrogens is 202 g/mol. The smallest absolute Gasteiger partial charge is 0.173 e. The molecule has 0 heterocycles. The Morgan fingerprint density at radius 3 is 2.44 bits per heavy atom. The van der Waals surface area contributed by atoms with Crippen molar-refractivity contribution in [1.82, 2.24) is 0 Å². The Labute approximate surface area is 94.7 Å². The van der Waals surface area contributed by atoms with E-state index in [0.29, 0.717) is 12.0 Å². The van der Waals surface area contributed by atoms with E-state index in [1.54, 1.807) is 24.3 Å². The number of benzene rings is 1. The Balaban J connectivity index is 2.84. The molecule has 0 aliphatic carbocycles. The normalized spacial score (nSPS) is 11.5. The molecule has 1 unspecified atom stereocenters. The van der Waals surface area contributed by atoms with Crippen LogP contribution >= 0.6 is 0 Å². The maximum absolute atomic E-state index is 12.0. The van der Waals surface area contributed by atoms with Crippen molar-refractivity contribution in [2.45, 2.75) is 19.8 Å². The van der Waals surface area contributed by atoms with Crippen LogP contribution in [0.2, 0.25) is 0 Å². The van der Waals surface area contributed by atoms with Crippen molar-refractivity contribution >= 4 is 11.6 Å². The Kier molecular flexibility index (Phi) is 4.41. The maximum atomic E-state index is 12.0. The lowest BCUT2D eigenvalue weighted by Gasteiger charge is -2.10. The first-order valence-electron chi connectivity index (χ1n) is 5.13. The Bertz CT molecular complexity index is 417. The number of rotatable bonds is 5. The summed E-state index contributed by atoms with van der Waals surface area (Å²) in [7, 11) is 0. The van der Waals surface area contributed by atoms with E-state index >= 15 is 0 Å². The van der Waals surface area contributed by atoms with Gasteiger partial charge in [-0.15, -0.1) is 0 Å². The lowest BCUT2D eigenvalue weighted by molar-refractivity contribution is -0.119. The van der Waals surface area contributed by atoms with Gasteiger partial charge in [0.15, 0.2) is 5.78 Å². The fourth-order valence-corrected chi connectivity index (χ4v) is 1.53. The van der Waals surface area contributed by atoms with E-state index < -0.39 is 5.92 Å². The summed E-state index contributed by atoms with van der Waals surface area (Å²) in [5.74, 6) is -1.05. The first kappa shape index (κ1) is 12.1. The molecule has 1 atom stereocenters. The molecule has 0 radical (unpaired) electrons. The molecule has 82 valence electrons. The Morgan fingerprint density at radius 1 is 1.31 bits per heavy atom. The summed E-state index contributed by atoms with van der Waals surface area (Å²) in [4.78, 5) is 23.3. The van der Waals surface area contributed by atoms with Crippen LogP contribution in [0, 0.1) is 17.2 Å². The molecule has 0 amide bonds. The number of hydrogen-bond donors (Lipinski definition) is 0. The van der Waals surface area contributed by atoms with Crippen LogP contribution in [0.25, 0.3) is 0 Å². The van der Waals surface area contributed by atoms with Gasteiger partial charge in [0, 0.05) is 12.0 Å². The quantitative estimate of drug-likeness (QED) is 0.559. The second-order valence-electron chi connectivity index (χ2n) is 3.59. The van der Waals surface area contributed by atoms with Crippen LogP contribution in [0.1, 0.15) is 30.1 Å². The van der Waals surface area contributed by atoms with Crippen molar-refractivity contribution in [1.29, 1.82) is 5.26 Å². The van der Waals surface area contributed by atoms with Gasteiger partial charge in [0.1, 0.15) is 5.78 Å². The van der Waals surface area contributed by atoms with E-state index in [2.05, 4.69) is 0 Å². The largest absolute Gasteiger partial charge is 0.299 e. The summed E-state index contributed by atoms with van der Waals surface area (Å²) in [6, 6.07) is 10.7.